The van der Waals surface area contributed by atoms with Crippen LogP contribution in [0.5, 0.6) is 0 Å². The number of carbonyl (C=O) groups is 2. The zero-order valence-corrected chi connectivity index (χ0v) is 20.0. The number of ether oxygens (including phenoxy) is 1. The van der Waals surface area contributed by atoms with Crippen molar-refractivity contribution in [2.45, 2.75) is 136 Å². The molecule has 1 aliphatic carbocycles. The monoisotopic (exact) mass is 424 g/mol. The summed E-state index contributed by atoms with van der Waals surface area (Å²) in [6.07, 6.45) is 18.3. The molecule has 0 aromatic heterocycles. The summed E-state index contributed by atoms with van der Waals surface area (Å²) < 4.78 is 5.97. The summed E-state index contributed by atoms with van der Waals surface area (Å²) in [6.45, 7) is 6.79. The largest absolute Gasteiger partial charge is 0.481 e. The van der Waals surface area contributed by atoms with Gasteiger partial charge in [-0.3, -0.25) is 9.59 Å². The second-order valence-corrected chi connectivity index (χ2v) is 9.89. The number of esters is 1. The Morgan fingerprint density at radius 2 is 1.23 bits per heavy atom. The summed E-state index contributed by atoms with van der Waals surface area (Å²) in [4.78, 5) is 23.8. The van der Waals surface area contributed by atoms with Crippen LogP contribution < -0.4 is 0 Å². The Bertz CT molecular complexity index is 452. The predicted molar refractivity (Wildman–Crippen MR) is 123 cm³/mol. The molecule has 0 heterocycles. The van der Waals surface area contributed by atoms with Gasteiger partial charge >= 0.3 is 11.9 Å². The first-order chi connectivity index (χ1) is 14.4. The molecule has 1 fully saturated rings. The average molecular weight is 425 g/mol. The summed E-state index contributed by atoms with van der Waals surface area (Å²) in [5.41, 5.74) is 0. The van der Waals surface area contributed by atoms with E-state index < -0.39 is 5.97 Å². The van der Waals surface area contributed by atoms with Crippen molar-refractivity contribution in [2.24, 2.45) is 17.8 Å². The lowest BCUT2D eigenvalue weighted by atomic mass is 9.82. The zero-order valence-electron chi connectivity index (χ0n) is 20.0. The quantitative estimate of drug-likeness (QED) is 0.193. The number of carbonyl (C=O) groups excluding carboxylic acids is 1. The van der Waals surface area contributed by atoms with Gasteiger partial charge in [-0.1, -0.05) is 78.6 Å². The van der Waals surface area contributed by atoms with E-state index in [0.29, 0.717) is 25.7 Å². The molecule has 176 valence electrons. The number of hydrogen-bond acceptors (Lipinski definition) is 3. The third kappa shape index (κ3) is 12.6. The van der Waals surface area contributed by atoms with Gasteiger partial charge in [0.25, 0.3) is 0 Å². The van der Waals surface area contributed by atoms with Crippen molar-refractivity contribution in [3.05, 3.63) is 0 Å². The third-order valence-corrected chi connectivity index (χ3v) is 6.63. The number of rotatable bonds is 17. The van der Waals surface area contributed by atoms with E-state index in [1.807, 2.05) is 0 Å². The van der Waals surface area contributed by atoms with E-state index in [0.717, 1.165) is 31.6 Å². The van der Waals surface area contributed by atoms with E-state index >= 15 is 0 Å². The maximum absolute atomic E-state index is 12.7. The SMILES string of the molecule is CCCCCCCCC(CCCCCCC(C)C)OC(=O)C1CCC(C(=O)O)CC1. The lowest BCUT2D eigenvalue weighted by Gasteiger charge is -2.27. The molecule has 0 aromatic carbocycles. The fraction of sp³-hybridized carbons (Fsp3) is 0.923. The van der Waals surface area contributed by atoms with Crippen molar-refractivity contribution < 1.29 is 19.4 Å². The first kappa shape index (κ1) is 27.0. The summed E-state index contributed by atoms with van der Waals surface area (Å²) in [6, 6.07) is 0. The first-order valence-electron chi connectivity index (χ1n) is 12.9. The molecule has 1 N–H and O–H groups in total. The number of unbranched alkanes of at least 4 members (excludes halogenated alkanes) is 8. The smallest absolute Gasteiger partial charge is 0.309 e. The summed E-state index contributed by atoms with van der Waals surface area (Å²) in [5, 5.41) is 9.16. The molecule has 0 aromatic rings. The predicted octanol–water partition coefficient (Wildman–Crippen LogP) is 7.54. The summed E-state index contributed by atoms with van der Waals surface area (Å²) in [5.74, 6) is -0.394. The lowest BCUT2D eigenvalue weighted by molar-refractivity contribution is -0.158. The maximum Gasteiger partial charge on any atom is 0.309 e. The minimum Gasteiger partial charge on any atom is -0.481 e. The van der Waals surface area contributed by atoms with Gasteiger partial charge in [0.05, 0.1) is 11.8 Å². The van der Waals surface area contributed by atoms with Gasteiger partial charge in [-0.05, 0) is 57.3 Å². The van der Waals surface area contributed by atoms with Crippen molar-refractivity contribution in [1.82, 2.24) is 0 Å². The molecule has 1 saturated carbocycles. The molecule has 0 aliphatic heterocycles. The molecular formula is C26H48O4. The fourth-order valence-corrected chi connectivity index (χ4v) is 4.53. The minimum absolute atomic E-state index is 0.0472. The molecule has 0 spiro atoms. The van der Waals surface area contributed by atoms with Crippen molar-refractivity contribution >= 4 is 11.9 Å². The lowest BCUT2D eigenvalue weighted by Crippen LogP contribution is -2.29. The Morgan fingerprint density at radius 1 is 0.767 bits per heavy atom. The molecular weight excluding hydrogens is 376 g/mol. The molecule has 0 amide bonds. The molecule has 1 unspecified atom stereocenters. The normalized spacial score (nSPS) is 20.3. The Balaban J connectivity index is 2.37. The van der Waals surface area contributed by atoms with Gasteiger partial charge in [0.15, 0.2) is 0 Å². The molecule has 0 saturated heterocycles. The van der Waals surface area contributed by atoms with Crippen molar-refractivity contribution in [1.29, 1.82) is 0 Å². The van der Waals surface area contributed by atoms with Crippen LogP contribution in [-0.2, 0) is 14.3 Å². The zero-order chi connectivity index (χ0) is 22.2. The second kappa shape index (κ2) is 16.6. The van der Waals surface area contributed by atoms with Gasteiger partial charge in [0, 0.05) is 0 Å². The molecule has 1 rings (SSSR count). The van der Waals surface area contributed by atoms with Crippen LogP contribution in [0.2, 0.25) is 0 Å². The molecule has 0 bridgehead atoms. The number of carboxylic acid groups (broad SMARTS) is 1. The molecule has 4 heteroatoms. The highest BCUT2D eigenvalue weighted by molar-refractivity contribution is 5.74. The molecule has 30 heavy (non-hydrogen) atoms. The van der Waals surface area contributed by atoms with Crippen molar-refractivity contribution in [2.75, 3.05) is 0 Å². The van der Waals surface area contributed by atoms with Gasteiger partial charge in [-0.25, -0.2) is 0 Å². The molecule has 0 radical (unpaired) electrons. The summed E-state index contributed by atoms with van der Waals surface area (Å²) in [7, 11) is 0. The van der Waals surface area contributed by atoms with Gasteiger partial charge in [0.1, 0.15) is 6.10 Å². The molecule has 1 atom stereocenters. The van der Waals surface area contributed by atoms with Gasteiger partial charge in [-0.15, -0.1) is 0 Å². The molecule has 1 aliphatic rings. The van der Waals surface area contributed by atoms with Crippen molar-refractivity contribution in [3.63, 3.8) is 0 Å². The average Bonchev–Trinajstić information content (AvgIpc) is 2.72. The van der Waals surface area contributed by atoms with Crippen LogP contribution in [0.1, 0.15) is 130 Å². The Kier molecular flexibility index (Phi) is 14.9. The topological polar surface area (TPSA) is 63.6 Å². The van der Waals surface area contributed by atoms with Crippen LogP contribution >= 0.6 is 0 Å². The van der Waals surface area contributed by atoms with Gasteiger partial charge in [0.2, 0.25) is 0 Å². The third-order valence-electron chi connectivity index (χ3n) is 6.63. The highest BCUT2D eigenvalue weighted by Gasteiger charge is 2.31. The van der Waals surface area contributed by atoms with E-state index in [-0.39, 0.29) is 23.9 Å². The van der Waals surface area contributed by atoms with E-state index in [9.17, 15) is 9.59 Å². The Morgan fingerprint density at radius 3 is 1.73 bits per heavy atom. The Labute approximate surface area is 185 Å². The number of carboxylic acids is 1. The minimum atomic E-state index is -0.722. The van der Waals surface area contributed by atoms with E-state index in [1.54, 1.807) is 0 Å². The Hall–Kier alpha value is -1.06. The van der Waals surface area contributed by atoms with E-state index in [1.165, 1.54) is 57.8 Å². The number of aliphatic carboxylic acids is 1. The first-order valence-corrected chi connectivity index (χ1v) is 12.9. The number of hydrogen-bond donors (Lipinski definition) is 1. The highest BCUT2D eigenvalue weighted by atomic mass is 16.5. The van der Waals surface area contributed by atoms with Crippen LogP contribution in [0.3, 0.4) is 0 Å². The van der Waals surface area contributed by atoms with E-state index in [2.05, 4.69) is 20.8 Å². The highest BCUT2D eigenvalue weighted by Crippen LogP contribution is 2.30. The van der Waals surface area contributed by atoms with Crippen LogP contribution in [0, 0.1) is 17.8 Å². The maximum atomic E-state index is 12.7. The standard InChI is InChI=1S/C26H48O4/c1-4-5-6-7-8-12-15-24(16-13-10-9-11-14-21(2)3)30-26(29)23-19-17-22(18-20-23)25(27)28/h21-24H,4-20H2,1-3H3,(H,27,28). The van der Waals surface area contributed by atoms with Gasteiger partial charge < -0.3 is 9.84 Å². The van der Waals surface area contributed by atoms with Crippen LogP contribution in [0.4, 0.5) is 0 Å². The molecule has 4 nitrogen and oxygen atoms in total. The van der Waals surface area contributed by atoms with Gasteiger partial charge in [-0.2, -0.15) is 0 Å². The second-order valence-electron chi connectivity index (χ2n) is 9.89. The fourth-order valence-electron chi connectivity index (χ4n) is 4.53. The van der Waals surface area contributed by atoms with Crippen LogP contribution in [-0.4, -0.2) is 23.1 Å². The van der Waals surface area contributed by atoms with Crippen LogP contribution in [0.15, 0.2) is 0 Å². The van der Waals surface area contributed by atoms with Crippen LogP contribution in [0.25, 0.3) is 0 Å². The van der Waals surface area contributed by atoms with E-state index in [4.69, 9.17) is 9.84 Å². The van der Waals surface area contributed by atoms with Crippen molar-refractivity contribution in [3.8, 4) is 0 Å². The summed E-state index contributed by atoms with van der Waals surface area (Å²) >= 11 is 0.